The van der Waals surface area contributed by atoms with Gasteiger partial charge in [0.25, 0.3) is 0 Å². The fraction of sp³-hybridized carbons (Fsp3) is 0.600. The van der Waals surface area contributed by atoms with Crippen LogP contribution in [-0.2, 0) is 16.6 Å². The first-order chi connectivity index (χ1) is 10.0. The fourth-order valence-corrected chi connectivity index (χ4v) is 3.71. The lowest BCUT2D eigenvalue weighted by Crippen LogP contribution is -2.27. The molecule has 21 heavy (non-hydrogen) atoms. The molecule has 0 amide bonds. The summed E-state index contributed by atoms with van der Waals surface area (Å²) in [5.74, 6) is 1.14. The molecule has 3 N–H and O–H groups in total. The predicted octanol–water partition coefficient (Wildman–Crippen LogP) is 2.01. The van der Waals surface area contributed by atoms with E-state index < -0.39 is 10.0 Å². The van der Waals surface area contributed by atoms with Gasteiger partial charge in [0.15, 0.2) is 0 Å². The van der Waals surface area contributed by atoms with E-state index in [1.54, 1.807) is 18.2 Å². The molecule has 0 aromatic heterocycles. The van der Waals surface area contributed by atoms with Crippen LogP contribution in [0.25, 0.3) is 0 Å². The third kappa shape index (κ3) is 3.96. The van der Waals surface area contributed by atoms with Gasteiger partial charge in [-0.05, 0) is 37.0 Å². The molecule has 0 radical (unpaired) electrons. The van der Waals surface area contributed by atoms with Crippen molar-refractivity contribution in [3.05, 3.63) is 23.8 Å². The normalized spacial score (nSPS) is 21.3. The van der Waals surface area contributed by atoms with Crippen LogP contribution < -0.4 is 15.2 Å². The van der Waals surface area contributed by atoms with Gasteiger partial charge in [-0.15, -0.1) is 0 Å². The van der Waals surface area contributed by atoms with Crippen LogP contribution in [0.4, 0.5) is 0 Å². The molecule has 6 heteroatoms. The number of rotatable bonds is 8. The summed E-state index contributed by atoms with van der Waals surface area (Å²) < 4.78 is 33.0. The van der Waals surface area contributed by atoms with Crippen molar-refractivity contribution < 1.29 is 13.2 Å². The van der Waals surface area contributed by atoms with E-state index in [9.17, 15) is 8.42 Å². The maximum absolute atomic E-state index is 12.3. The average molecular weight is 312 g/mol. The second kappa shape index (κ2) is 6.77. The smallest absolute Gasteiger partial charge is 0.240 e. The molecule has 1 aliphatic carbocycles. The molecule has 118 valence electrons. The largest absolute Gasteiger partial charge is 0.493 e. The minimum absolute atomic E-state index is 0.0809. The van der Waals surface area contributed by atoms with Gasteiger partial charge in [0, 0.05) is 18.2 Å². The Labute approximate surface area is 126 Å². The first-order valence-electron chi connectivity index (χ1n) is 7.50. The van der Waals surface area contributed by atoms with Crippen LogP contribution in [0, 0.1) is 5.92 Å². The zero-order valence-electron chi connectivity index (χ0n) is 12.6. The Morgan fingerprint density at radius 1 is 1.38 bits per heavy atom. The number of nitrogens with two attached hydrogens (primary N) is 1. The predicted molar refractivity (Wildman–Crippen MR) is 82.6 cm³/mol. The van der Waals surface area contributed by atoms with E-state index in [2.05, 4.69) is 11.6 Å². The fourth-order valence-electron chi connectivity index (χ4n) is 2.35. The molecule has 1 saturated carbocycles. The molecule has 1 aromatic rings. The number of hydrogen-bond acceptors (Lipinski definition) is 4. The molecule has 0 aliphatic heterocycles. The van der Waals surface area contributed by atoms with Crippen molar-refractivity contribution in [1.82, 2.24) is 4.72 Å². The number of sulfonamides is 1. The quantitative estimate of drug-likeness (QED) is 0.769. The van der Waals surface area contributed by atoms with Crippen LogP contribution in [0.1, 0.15) is 38.7 Å². The lowest BCUT2D eigenvalue weighted by Gasteiger charge is -2.12. The highest BCUT2D eigenvalue weighted by molar-refractivity contribution is 7.89. The summed E-state index contributed by atoms with van der Waals surface area (Å²) >= 11 is 0. The number of hydrogen-bond donors (Lipinski definition) is 2. The number of ether oxygens (including phenoxy) is 1. The first kappa shape index (κ1) is 16.3. The molecule has 0 bridgehead atoms. The molecular weight excluding hydrogens is 288 g/mol. The molecule has 0 heterocycles. The molecular formula is C15H24N2O3S. The molecule has 2 rings (SSSR count). The third-order valence-electron chi connectivity index (χ3n) is 3.78. The van der Waals surface area contributed by atoms with Crippen molar-refractivity contribution in [2.45, 2.75) is 50.6 Å². The van der Waals surface area contributed by atoms with Crippen LogP contribution in [0.15, 0.2) is 23.1 Å². The minimum atomic E-state index is -3.47. The van der Waals surface area contributed by atoms with Gasteiger partial charge >= 0.3 is 0 Å². The van der Waals surface area contributed by atoms with E-state index >= 15 is 0 Å². The van der Waals surface area contributed by atoms with Gasteiger partial charge in [-0.25, -0.2) is 13.1 Å². The standard InChI is InChI=1S/C15H24N2O3S/c1-3-7-20-15-6-5-13(8-12(15)10-16)21(18,19)17-14-9-11(14)4-2/h5-6,8,11,14,17H,3-4,7,9-10,16H2,1-2H3. The highest BCUT2D eigenvalue weighted by atomic mass is 32.2. The van der Waals surface area contributed by atoms with Crippen molar-refractivity contribution in [2.75, 3.05) is 6.61 Å². The summed E-state index contributed by atoms with van der Waals surface area (Å²) in [6, 6.07) is 4.96. The van der Waals surface area contributed by atoms with Crippen LogP contribution in [0.5, 0.6) is 5.75 Å². The van der Waals surface area contributed by atoms with Gasteiger partial charge in [-0.2, -0.15) is 0 Å². The minimum Gasteiger partial charge on any atom is -0.493 e. The Hall–Kier alpha value is -1.11. The Balaban J connectivity index is 2.15. The Morgan fingerprint density at radius 3 is 2.71 bits per heavy atom. The van der Waals surface area contributed by atoms with Crippen LogP contribution in [0.2, 0.25) is 0 Å². The monoisotopic (exact) mass is 312 g/mol. The first-order valence-corrected chi connectivity index (χ1v) is 8.98. The van der Waals surface area contributed by atoms with Gasteiger partial charge in [0.1, 0.15) is 5.75 Å². The molecule has 0 spiro atoms. The van der Waals surface area contributed by atoms with Crippen molar-refractivity contribution in [3.8, 4) is 5.75 Å². The second-order valence-corrected chi connectivity index (χ2v) is 7.17. The van der Waals surface area contributed by atoms with Crippen LogP contribution in [-0.4, -0.2) is 21.1 Å². The topological polar surface area (TPSA) is 81.4 Å². The third-order valence-corrected chi connectivity index (χ3v) is 5.26. The zero-order chi connectivity index (χ0) is 15.5. The SMILES string of the molecule is CCCOc1ccc(S(=O)(=O)NC2CC2CC)cc1CN. The van der Waals surface area contributed by atoms with Gasteiger partial charge in [0.2, 0.25) is 10.0 Å². The molecule has 1 fully saturated rings. The Kier molecular flexibility index (Phi) is 5.24. The van der Waals surface area contributed by atoms with Crippen molar-refractivity contribution in [1.29, 1.82) is 0 Å². The Morgan fingerprint density at radius 2 is 2.14 bits per heavy atom. The van der Waals surface area contributed by atoms with Crippen molar-refractivity contribution >= 4 is 10.0 Å². The molecule has 2 unspecified atom stereocenters. The van der Waals surface area contributed by atoms with Crippen LogP contribution in [0.3, 0.4) is 0 Å². The highest BCUT2D eigenvalue weighted by Crippen LogP contribution is 2.34. The summed E-state index contributed by atoms with van der Waals surface area (Å²) in [5.41, 5.74) is 6.41. The molecule has 0 saturated heterocycles. The molecule has 5 nitrogen and oxygen atoms in total. The van der Waals surface area contributed by atoms with Crippen molar-refractivity contribution in [2.24, 2.45) is 11.7 Å². The lowest BCUT2D eigenvalue weighted by molar-refractivity contribution is 0.314. The lowest BCUT2D eigenvalue weighted by atomic mass is 10.2. The summed E-state index contributed by atoms with van der Waals surface area (Å²) in [6.45, 7) is 4.94. The summed E-state index contributed by atoms with van der Waals surface area (Å²) in [6.07, 6.45) is 2.83. The summed E-state index contributed by atoms with van der Waals surface area (Å²) in [4.78, 5) is 0.258. The highest BCUT2D eigenvalue weighted by Gasteiger charge is 2.38. The van der Waals surface area contributed by atoms with E-state index in [0.717, 1.165) is 19.3 Å². The van der Waals surface area contributed by atoms with E-state index in [4.69, 9.17) is 10.5 Å². The van der Waals surface area contributed by atoms with Gasteiger partial charge in [-0.1, -0.05) is 20.3 Å². The summed E-state index contributed by atoms with van der Waals surface area (Å²) in [7, 11) is -3.47. The molecule has 1 aliphatic rings. The van der Waals surface area contributed by atoms with Gasteiger partial charge in [-0.3, -0.25) is 0 Å². The van der Waals surface area contributed by atoms with Gasteiger partial charge in [0.05, 0.1) is 11.5 Å². The number of nitrogens with one attached hydrogen (secondary N) is 1. The van der Waals surface area contributed by atoms with Crippen molar-refractivity contribution in [3.63, 3.8) is 0 Å². The van der Waals surface area contributed by atoms with E-state index in [0.29, 0.717) is 23.8 Å². The number of benzene rings is 1. The second-order valence-electron chi connectivity index (χ2n) is 5.45. The van der Waals surface area contributed by atoms with Gasteiger partial charge < -0.3 is 10.5 Å². The van der Waals surface area contributed by atoms with E-state index in [-0.39, 0.29) is 17.5 Å². The molecule has 2 atom stereocenters. The maximum atomic E-state index is 12.3. The van der Waals surface area contributed by atoms with Crippen LogP contribution >= 0.6 is 0 Å². The average Bonchev–Trinajstić information content (AvgIpc) is 3.22. The molecule has 1 aromatic carbocycles. The van der Waals surface area contributed by atoms with E-state index in [1.165, 1.54) is 0 Å². The Bertz CT molecular complexity index is 587. The maximum Gasteiger partial charge on any atom is 0.240 e. The van der Waals surface area contributed by atoms with E-state index in [1.807, 2.05) is 6.92 Å². The summed E-state index contributed by atoms with van der Waals surface area (Å²) in [5, 5.41) is 0. The zero-order valence-corrected chi connectivity index (χ0v) is 13.4.